The zero-order chi connectivity index (χ0) is 13.5. The minimum absolute atomic E-state index is 0.00179. The molecule has 0 saturated carbocycles. The van der Waals surface area contributed by atoms with Crippen LogP contribution in [0.25, 0.3) is 0 Å². The van der Waals surface area contributed by atoms with Gasteiger partial charge in [0, 0.05) is 18.4 Å². The Bertz CT molecular complexity index is 406. The monoisotopic (exact) mass is 271 g/mol. The van der Waals surface area contributed by atoms with Crippen molar-refractivity contribution in [3.05, 3.63) is 35.1 Å². The maximum Gasteiger partial charge on any atom is 0.254 e. The van der Waals surface area contributed by atoms with E-state index in [9.17, 15) is 9.18 Å². The van der Waals surface area contributed by atoms with E-state index in [2.05, 4.69) is 5.32 Å². The number of aliphatic hydroxyl groups is 1. The first-order valence-corrected chi connectivity index (χ1v) is 7.15. The number of halogens is 1. The summed E-state index contributed by atoms with van der Waals surface area (Å²) in [5, 5.41) is 11.7. The molecule has 2 N–H and O–H groups in total. The molecule has 3 nitrogen and oxygen atoms in total. The van der Waals surface area contributed by atoms with Gasteiger partial charge in [-0.05, 0) is 31.2 Å². The molecule has 0 saturated heterocycles. The number of carbonyl (C=O) groups is 1. The van der Waals surface area contributed by atoms with Crippen molar-refractivity contribution in [3.8, 4) is 0 Å². The van der Waals surface area contributed by atoms with Crippen LogP contribution in [0.4, 0.5) is 4.39 Å². The third-order valence-electron chi connectivity index (χ3n) is 2.62. The molecule has 1 aromatic rings. The van der Waals surface area contributed by atoms with E-state index in [-0.39, 0.29) is 18.2 Å². The summed E-state index contributed by atoms with van der Waals surface area (Å²) >= 11 is 1.57. The largest absolute Gasteiger partial charge is 0.396 e. The van der Waals surface area contributed by atoms with Crippen molar-refractivity contribution in [2.45, 2.75) is 19.4 Å². The quantitative estimate of drug-likeness (QED) is 0.832. The summed E-state index contributed by atoms with van der Waals surface area (Å²) in [6.07, 6.45) is 2.39. The SMILES string of the molecule is CSCC(CCO)NC(=O)c1cccc(C)c1F. The van der Waals surface area contributed by atoms with E-state index in [4.69, 9.17) is 5.11 Å². The summed E-state index contributed by atoms with van der Waals surface area (Å²) in [4.78, 5) is 11.9. The Morgan fingerprint density at radius 1 is 1.56 bits per heavy atom. The normalized spacial score (nSPS) is 12.2. The van der Waals surface area contributed by atoms with Gasteiger partial charge in [0.05, 0.1) is 5.56 Å². The predicted octanol–water partition coefficient (Wildman–Crippen LogP) is 1.98. The summed E-state index contributed by atoms with van der Waals surface area (Å²) in [6, 6.07) is 4.60. The fourth-order valence-corrected chi connectivity index (χ4v) is 2.29. The molecule has 18 heavy (non-hydrogen) atoms. The van der Waals surface area contributed by atoms with E-state index >= 15 is 0 Å². The highest BCUT2D eigenvalue weighted by atomic mass is 32.2. The van der Waals surface area contributed by atoms with E-state index in [0.717, 1.165) is 0 Å². The molecule has 0 aliphatic rings. The van der Waals surface area contributed by atoms with Gasteiger partial charge in [0.1, 0.15) is 5.82 Å². The predicted molar refractivity (Wildman–Crippen MR) is 72.5 cm³/mol. The van der Waals surface area contributed by atoms with Gasteiger partial charge in [0.25, 0.3) is 5.91 Å². The van der Waals surface area contributed by atoms with Crippen LogP contribution in [-0.4, -0.2) is 35.7 Å². The van der Waals surface area contributed by atoms with Gasteiger partial charge in [0.15, 0.2) is 0 Å². The highest BCUT2D eigenvalue weighted by molar-refractivity contribution is 7.98. The number of rotatable bonds is 6. The molecule has 1 unspecified atom stereocenters. The molecule has 100 valence electrons. The minimum Gasteiger partial charge on any atom is -0.396 e. The first-order chi connectivity index (χ1) is 8.60. The third-order valence-corrected chi connectivity index (χ3v) is 3.35. The second kappa shape index (κ2) is 7.38. The van der Waals surface area contributed by atoms with Crippen LogP contribution in [0.5, 0.6) is 0 Å². The highest BCUT2D eigenvalue weighted by Gasteiger charge is 2.16. The molecule has 0 aliphatic heterocycles. The standard InChI is InChI=1S/C13H18FNO2S/c1-9-4-3-5-11(12(9)14)13(17)15-10(6-7-16)8-18-2/h3-5,10,16H,6-8H2,1-2H3,(H,15,17). The molecule has 1 aromatic carbocycles. The number of benzene rings is 1. The molecule has 0 aromatic heterocycles. The number of hydrogen-bond donors (Lipinski definition) is 2. The molecule has 0 heterocycles. The van der Waals surface area contributed by atoms with Crippen LogP contribution in [-0.2, 0) is 0 Å². The Balaban J connectivity index is 2.77. The van der Waals surface area contributed by atoms with Crippen LogP contribution in [0, 0.1) is 12.7 Å². The topological polar surface area (TPSA) is 49.3 Å². The molecule has 0 spiro atoms. The molecular weight excluding hydrogens is 253 g/mol. The first-order valence-electron chi connectivity index (χ1n) is 5.76. The number of amides is 1. The van der Waals surface area contributed by atoms with Crippen molar-refractivity contribution < 1.29 is 14.3 Å². The minimum atomic E-state index is -0.484. The van der Waals surface area contributed by atoms with Crippen molar-refractivity contribution in [1.82, 2.24) is 5.32 Å². The van der Waals surface area contributed by atoms with Gasteiger partial charge in [-0.15, -0.1) is 0 Å². The zero-order valence-electron chi connectivity index (χ0n) is 10.6. The Morgan fingerprint density at radius 3 is 2.89 bits per heavy atom. The lowest BCUT2D eigenvalue weighted by Crippen LogP contribution is -2.37. The number of hydrogen-bond acceptors (Lipinski definition) is 3. The Labute approximate surface area is 111 Å². The zero-order valence-corrected chi connectivity index (χ0v) is 11.4. The van der Waals surface area contributed by atoms with Crippen LogP contribution in [0.15, 0.2) is 18.2 Å². The van der Waals surface area contributed by atoms with Crippen molar-refractivity contribution in [1.29, 1.82) is 0 Å². The van der Waals surface area contributed by atoms with E-state index in [1.54, 1.807) is 30.8 Å². The maximum atomic E-state index is 13.8. The van der Waals surface area contributed by atoms with Crippen LogP contribution in [0.3, 0.4) is 0 Å². The molecule has 1 atom stereocenters. The summed E-state index contributed by atoms with van der Waals surface area (Å²) < 4.78 is 13.8. The molecule has 5 heteroatoms. The van der Waals surface area contributed by atoms with E-state index < -0.39 is 11.7 Å². The molecule has 1 rings (SSSR count). The lowest BCUT2D eigenvalue weighted by Gasteiger charge is -2.17. The van der Waals surface area contributed by atoms with Gasteiger partial charge < -0.3 is 10.4 Å². The lowest BCUT2D eigenvalue weighted by atomic mass is 10.1. The van der Waals surface area contributed by atoms with Gasteiger partial charge >= 0.3 is 0 Å². The van der Waals surface area contributed by atoms with Crippen LogP contribution in [0.1, 0.15) is 22.3 Å². The number of thioether (sulfide) groups is 1. The lowest BCUT2D eigenvalue weighted by molar-refractivity contribution is 0.0931. The van der Waals surface area contributed by atoms with Gasteiger partial charge in [0.2, 0.25) is 0 Å². The van der Waals surface area contributed by atoms with Crippen LogP contribution < -0.4 is 5.32 Å². The van der Waals surface area contributed by atoms with Crippen molar-refractivity contribution >= 4 is 17.7 Å². The Hall–Kier alpha value is -1.07. The molecule has 0 aliphatic carbocycles. The average molecular weight is 271 g/mol. The van der Waals surface area contributed by atoms with Gasteiger partial charge in [-0.25, -0.2) is 4.39 Å². The highest BCUT2D eigenvalue weighted by Crippen LogP contribution is 2.12. The molecule has 0 radical (unpaired) electrons. The second-order valence-corrected chi connectivity index (χ2v) is 4.99. The number of aryl methyl sites for hydroxylation is 1. The van der Waals surface area contributed by atoms with Gasteiger partial charge in [-0.1, -0.05) is 12.1 Å². The smallest absolute Gasteiger partial charge is 0.254 e. The molecular formula is C13H18FNO2S. The Kier molecular flexibility index (Phi) is 6.15. The molecule has 1 amide bonds. The third kappa shape index (κ3) is 3.99. The average Bonchev–Trinajstić information content (AvgIpc) is 2.33. The van der Waals surface area contributed by atoms with Crippen molar-refractivity contribution in [2.75, 3.05) is 18.6 Å². The fraction of sp³-hybridized carbons (Fsp3) is 0.462. The molecule has 0 bridgehead atoms. The van der Waals surface area contributed by atoms with E-state index in [1.807, 2.05) is 6.26 Å². The number of carbonyl (C=O) groups excluding carboxylic acids is 1. The number of aliphatic hydroxyl groups excluding tert-OH is 1. The first kappa shape index (κ1) is 15.0. The Morgan fingerprint density at radius 2 is 2.28 bits per heavy atom. The fourth-order valence-electron chi connectivity index (χ4n) is 1.64. The summed E-state index contributed by atoms with van der Waals surface area (Å²) in [6.45, 7) is 1.63. The van der Waals surface area contributed by atoms with Crippen LogP contribution >= 0.6 is 11.8 Å². The molecule has 0 fully saturated rings. The summed E-state index contributed by atoms with van der Waals surface area (Å²) in [5.74, 6) is -0.217. The van der Waals surface area contributed by atoms with Crippen molar-refractivity contribution in [3.63, 3.8) is 0 Å². The van der Waals surface area contributed by atoms with Gasteiger partial charge in [-0.2, -0.15) is 11.8 Å². The maximum absolute atomic E-state index is 13.8. The van der Waals surface area contributed by atoms with E-state index in [1.165, 1.54) is 6.07 Å². The van der Waals surface area contributed by atoms with Crippen molar-refractivity contribution in [2.24, 2.45) is 0 Å². The summed E-state index contributed by atoms with van der Waals surface area (Å²) in [5.41, 5.74) is 0.505. The summed E-state index contributed by atoms with van der Waals surface area (Å²) in [7, 11) is 0. The van der Waals surface area contributed by atoms with Gasteiger partial charge in [-0.3, -0.25) is 4.79 Å². The second-order valence-electron chi connectivity index (χ2n) is 4.07. The van der Waals surface area contributed by atoms with E-state index in [0.29, 0.717) is 17.7 Å². The number of nitrogens with one attached hydrogen (secondary N) is 1. The van der Waals surface area contributed by atoms with Crippen LogP contribution in [0.2, 0.25) is 0 Å².